The third kappa shape index (κ3) is 4.61. The fourth-order valence-corrected chi connectivity index (χ4v) is 5.46. The summed E-state index contributed by atoms with van der Waals surface area (Å²) in [4.78, 5) is 12.3. The van der Waals surface area contributed by atoms with Gasteiger partial charge < -0.3 is 9.26 Å². The van der Waals surface area contributed by atoms with Crippen molar-refractivity contribution in [2.75, 3.05) is 20.3 Å². The Kier molecular flexibility index (Phi) is 7.02. The average Bonchev–Trinajstić information content (AvgIpc) is 2.81. The van der Waals surface area contributed by atoms with Gasteiger partial charge in [-0.3, -0.25) is 14.6 Å². The number of rotatable bonds is 6. The monoisotopic (exact) mass is 370 g/mol. The fraction of sp³-hybridized carbons (Fsp3) is 0.588. The van der Waals surface area contributed by atoms with Gasteiger partial charge in [0.25, 0.3) is 5.91 Å². The van der Waals surface area contributed by atoms with E-state index in [1.54, 1.807) is 41.5 Å². The number of carbonyl (C=O) groups is 1. The Bertz CT molecular complexity index is 620. The Morgan fingerprint density at radius 2 is 2.04 bits per heavy atom. The highest BCUT2D eigenvalue weighted by molar-refractivity contribution is 7.64. The quantitative estimate of drug-likeness (QED) is 0.455. The van der Waals surface area contributed by atoms with Gasteiger partial charge in [0.1, 0.15) is 5.75 Å². The molecule has 0 radical (unpaired) electrons. The number of nitrogens with zero attached hydrogens (tertiary/aromatic N) is 1. The van der Waals surface area contributed by atoms with E-state index in [1.165, 1.54) is 0 Å². The Labute approximate surface area is 148 Å². The second-order valence-electron chi connectivity index (χ2n) is 6.54. The highest BCUT2D eigenvalue weighted by Crippen LogP contribution is 2.53. The SMILES string of the molecule is COc1ccc(P2(=O)OCCCCN2C(CC(C)C)C(=O)NO)cc1. The summed E-state index contributed by atoms with van der Waals surface area (Å²) in [6.07, 6.45) is 2.01. The average molecular weight is 370 g/mol. The van der Waals surface area contributed by atoms with E-state index in [9.17, 15) is 9.36 Å². The molecule has 2 N–H and O–H groups in total. The van der Waals surface area contributed by atoms with Gasteiger partial charge >= 0.3 is 7.52 Å². The van der Waals surface area contributed by atoms with Crippen LogP contribution in [0.4, 0.5) is 0 Å². The maximum atomic E-state index is 13.8. The van der Waals surface area contributed by atoms with Crippen molar-refractivity contribution in [1.29, 1.82) is 0 Å². The van der Waals surface area contributed by atoms with Gasteiger partial charge in [-0.1, -0.05) is 13.8 Å². The first-order valence-electron chi connectivity index (χ1n) is 8.52. The Balaban J connectivity index is 2.44. The van der Waals surface area contributed by atoms with Crippen molar-refractivity contribution in [3.63, 3.8) is 0 Å². The standard InChI is InChI=1S/C17H27N2O5P/c1-13(2)12-16(17(20)18-21)19-10-4-5-11-24-25(19,22)15-8-6-14(23-3)7-9-15/h6-9,13,16,21H,4-5,10-12H2,1-3H3,(H,18,20). The molecule has 1 saturated heterocycles. The lowest BCUT2D eigenvalue weighted by atomic mass is 10.0. The summed E-state index contributed by atoms with van der Waals surface area (Å²) >= 11 is 0. The summed E-state index contributed by atoms with van der Waals surface area (Å²) in [6, 6.07) is 6.15. The van der Waals surface area contributed by atoms with Crippen LogP contribution in [0.2, 0.25) is 0 Å². The first-order chi connectivity index (χ1) is 11.9. The van der Waals surface area contributed by atoms with E-state index in [0.29, 0.717) is 30.6 Å². The molecule has 1 heterocycles. The topological polar surface area (TPSA) is 88.1 Å². The van der Waals surface area contributed by atoms with Crippen molar-refractivity contribution < 1.29 is 23.8 Å². The molecule has 140 valence electrons. The first kappa shape index (κ1) is 19.9. The van der Waals surface area contributed by atoms with Gasteiger partial charge in [0, 0.05) is 6.54 Å². The number of carbonyl (C=O) groups excluding carboxylic acids is 1. The minimum atomic E-state index is -3.42. The summed E-state index contributed by atoms with van der Waals surface area (Å²) in [7, 11) is -1.86. The molecule has 0 aliphatic carbocycles. The lowest BCUT2D eigenvalue weighted by Gasteiger charge is -2.35. The van der Waals surface area contributed by atoms with Gasteiger partial charge in [-0.25, -0.2) is 10.2 Å². The summed E-state index contributed by atoms with van der Waals surface area (Å²) in [5.41, 5.74) is 1.72. The molecular formula is C17H27N2O5P. The van der Waals surface area contributed by atoms with Crippen LogP contribution >= 0.6 is 7.52 Å². The second-order valence-corrected chi connectivity index (χ2v) is 8.87. The molecule has 1 fully saturated rings. The normalized spacial score (nSPS) is 23.1. The molecule has 0 bridgehead atoms. The lowest BCUT2D eigenvalue weighted by molar-refractivity contribution is -0.133. The van der Waals surface area contributed by atoms with Crippen molar-refractivity contribution in [3.8, 4) is 5.75 Å². The van der Waals surface area contributed by atoms with Crippen LogP contribution in [0.3, 0.4) is 0 Å². The Hall–Kier alpha value is -1.40. The van der Waals surface area contributed by atoms with E-state index in [4.69, 9.17) is 14.5 Å². The summed E-state index contributed by atoms with van der Waals surface area (Å²) in [6.45, 7) is 4.80. The maximum Gasteiger partial charge on any atom is 0.303 e. The molecule has 1 aromatic carbocycles. The van der Waals surface area contributed by atoms with E-state index in [1.807, 2.05) is 13.8 Å². The number of methoxy groups -OCH3 is 1. The number of nitrogens with one attached hydrogen (secondary N) is 1. The Morgan fingerprint density at radius 1 is 1.36 bits per heavy atom. The molecule has 25 heavy (non-hydrogen) atoms. The van der Waals surface area contributed by atoms with Crippen LogP contribution < -0.4 is 15.5 Å². The smallest absolute Gasteiger partial charge is 0.303 e. The Morgan fingerprint density at radius 3 is 2.60 bits per heavy atom. The summed E-state index contributed by atoms with van der Waals surface area (Å²) < 4.78 is 26.4. The van der Waals surface area contributed by atoms with Crippen LogP contribution in [0, 0.1) is 5.92 Å². The van der Waals surface area contributed by atoms with Crippen LogP contribution in [0.1, 0.15) is 33.1 Å². The fourth-order valence-electron chi connectivity index (χ4n) is 2.99. The molecule has 8 heteroatoms. The molecule has 2 rings (SSSR count). The maximum absolute atomic E-state index is 13.8. The van der Waals surface area contributed by atoms with Crippen LogP contribution in [0.5, 0.6) is 5.75 Å². The molecule has 1 aliphatic rings. The zero-order valence-corrected chi connectivity index (χ0v) is 15.9. The van der Waals surface area contributed by atoms with E-state index >= 15 is 0 Å². The zero-order valence-electron chi connectivity index (χ0n) is 15.0. The second kappa shape index (κ2) is 8.81. The van der Waals surface area contributed by atoms with Gasteiger partial charge in [0.15, 0.2) is 0 Å². The number of hydrogen-bond acceptors (Lipinski definition) is 5. The van der Waals surface area contributed by atoms with Crippen molar-refractivity contribution in [2.45, 2.75) is 39.2 Å². The molecule has 0 aromatic heterocycles. The van der Waals surface area contributed by atoms with E-state index in [0.717, 1.165) is 12.8 Å². The molecule has 0 spiro atoms. The van der Waals surface area contributed by atoms with E-state index < -0.39 is 19.5 Å². The largest absolute Gasteiger partial charge is 0.497 e. The summed E-state index contributed by atoms with van der Waals surface area (Å²) in [5, 5.41) is 9.68. The number of amides is 1. The summed E-state index contributed by atoms with van der Waals surface area (Å²) in [5.74, 6) is 0.284. The van der Waals surface area contributed by atoms with Crippen LogP contribution in [0.25, 0.3) is 0 Å². The minimum absolute atomic E-state index is 0.190. The van der Waals surface area contributed by atoms with Crippen molar-refractivity contribution in [3.05, 3.63) is 24.3 Å². The number of hydrogen-bond donors (Lipinski definition) is 2. The van der Waals surface area contributed by atoms with Gasteiger partial charge in [-0.05, 0) is 49.4 Å². The van der Waals surface area contributed by atoms with Gasteiger partial charge in [-0.2, -0.15) is 0 Å². The third-order valence-corrected chi connectivity index (χ3v) is 6.89. The minimum Gasteiger partial charge on any atom is -0.497 e. The molecule has 1 amide bonds. The molecule has 0 saturated carbocycles. The van der Waals surface area contributed by atoms with E-state index in [2.05, 4.69) is 0 Å². The molecule has 1 aliphatic heterocycles. The molecule has 7 nitrogen and oxygen atoms in total. The van der Waals surface area contributed by atoms with Crippen molar-refractivity contribution in [1.82, 2.24) is 10.2 Å². The number of benzene rings is 1. The zero-order chi connectivity index (χ0) is 18.4. The van der Waals surface area contributed by atoms with Gasteiger partial charge in [-0.15, -0.1) is 0 Å². The van der Waals surface area contributed by atoms with Gasteiger partial charge in [0.05, 0.1) is 25.1 Å². The highest BCUT2D eigenvalue weighted by atomic mass is 31.2. The first-order valence-corrected chi connectivity index (χ1v) is 10.1. The molecule has 2 unspecified atom stereocenters. The van der Waals surface area contributed by atoms with Gasteiger partial charge in [0.2, 0.25) is 0 Å². The predicted molar refractivity (Wildman–Crippen MR) is 95.3 cm³/mol. The molecule has 1 aromatic rings. The number of hydroxylamine groups is 1. The number of ether oxygens (including phenoxy) is 1. The van der Waals surface area contributed by atoms with Crippen LogP contribution in [-0.4, -0.2) is 42.1 Å². The third-order valence-electron chi connectivity index (χ3n) is 4.25. The van der Waals surface area contributed by atoms with Crippen LogP contribution in [-0.2, 0) is 13.9 Å². The molecular weight excluding hydrogens is 343 g/mol. The predicted octanol–water partition coefficient (Wildman–Crippen LogP) is 2.55. The van der Waals surface area contributed by atoms with Crippen LogP contribution in [0.15, 0.2) is 24.3 Å². The lowest BCUT2D eigenvalue weighted by Crippen LogP contribution is -2.46. The molecule has 2 atom stereocenters. The van der Waals surface area contributed by atoms with E-state index in [-0.39, 0.29) is 5.92 Å². The van der Waals surface area contributed by atoms with Crippen molar-refractivity contribution >= 4 is 18.7 Å². The highest BCUT2D eigenvalue weighted by Gasteiger charge is 2.42. The van der Waals surface area contributed by atoms with Crippen molar-refractivity contribution in [2.24, 2.45) is 5.92 Å².